The molecule has 1 aromatic carbocycles. The molecular weight excluding hydrogens is 324 g/mol. The Morgan fingerprint density at radius 3 is 2.52 bits per heavy atom. The van der Waals surface area contributed by atoms with Crippen LogP contribution in [-0.4, -0.2) is 26.1 Å². The zero-order valence-corrected chi connectivity index (χ0v) is 17.9. The zero-order valence-electron chi connectivity index (χ0n) is 16.9. The Labute approximate surface area is 155 Å². The summed E-state index contributed by atoms with van der Waals surface area (Å²) in [6, 6.07) is 8.96. The molecule has 0 spiro atoms. The number of rotatable bonds is 3. The molecule has 3 rings (SSSR count). The lowest BCUT2D eigenvalue weighted by Gasteiger charge is -2.54. The Morgan fingerprint density at radius 1 is 1.20 bits per heavy atom. The van der Waals surface area contributed by atoms with Crippen LogP contribution in [0.25, 0.3) is 0 Å². The molecule has 1 saturated carbocycles. The minimum Gasteiger partial charge on any atom is -0.414 e. The second kappa shape index (κ2) is 6.51. The van der Waals surface area contributed by atoms with Gasteiger partial charge in [-0.1, -0.05) is 52.0 Å². The van der Waals surface area contributed by atoms with Gasteiger partial charge < -0.3 is 9.53 Å². The lowest BCUT2D eigenvalue weighted by molar-refractivity contribution is -0.0344. The van der Waals surface area contributed by atoms with Crippen LogP contribution in [0.2, 0.25) is 18.1 Å². The largest absolute Gasteiger partial charge is 0.414 e. The van der Waals surface area contributed by atoms with E-state index in [1.807, 2.05) is 0 Å². The highest BCUT2D eigenvalue weighted by molar-refractivity contribution is 6.74. The van der Waals surface area contributed by atoms with Gasteiger partial charge in [0.1, 0.15) is 0 Å². The van der Waals surface area contributed by atoms with Crippen molar-refractivity contribution in [3.63, 3.8) is 0 Å². The van der Waals surface area contributed by atoms with Crippen LogP contribution in [0.5, 0.6) is 0 Å². The van der Waals surface area contributed by atoms with Gasteiger partial charge in [-0.2, -0.15) is 0 Å². The van der Waals surface area contributed by atoms with Crippen molar-refractivity contribution < 1.29 is 9.53 Å². The van der Waals surface area contributed by atoms with Gasteiger partial charge in [-0.25, -0.2) is 0 Å². The summed E-state index contributed by atoms with van der Waals surface area (Å²) in [5, 5.41) is 10.5. The lowest BCUT2D eigenvalue weighted by Crippen LogP contribution is -2.54. The van der Waals surface area contributed by atoms with E-state index in [-0.39, 0.29) is 29.1 Å². The van der Waals surface area contributed by atoms with Crippen molar-refractivity contribution in [3.8, 4) is 0 Å². The maximum absolute atomic E-state index is 10.3. The molecule has 0 saturated heterocycles. The second-order valence-corrected chi connectivity index (χ2v) is 14.8. The third-order valence-corrected chi connectivity index (χ3v) is 12.1. The van der Waals surface area contributed by atoms with Gasteiger partial charge in [0.05, 0.1) is 6.10 Å². The third-order valence-electron chi connectivity index (χ3n) is 7.58. The molecule has 2 aliphatic rings. The van der Waals surface area contributed by atoms with Crippen molar-refractivity contribution in [2.24, 2.45) is 11.8 Å². The molecule has 2 aliphatic carbocycles. The minimum absolute atomic E-state index is 0.190. The molecule has 3 heteroatoms. The van der Waals surface area contributed by atoms with Crippen LogP contribution < -0.4 is 0 Å². The predicted octanol–water partition coefficient (Wildman–Crippen LogP) is 5.30. The minimum atomic E-state index is -1.81. The zero-order chi connectivity index (χ0) is 18.5. The summed E-state index contributed by atoms with van der Waals surface area (Å²) in [5.74, 6) is 0.789. The molecule has 25 heavy (non-hydrogen) atoms. The van der Waals surface area contributed by atoms with Crippen LogP contribution >= 0.6 is 0 Å². The predicted molar refractivity (Wildman–Crippen MR) is 107 cm³/mol. The van der Waals surface area contributed by atoms with E-state index >= 15 is 0 Å². The summed E-state index contributed by atoms with van der Waals surface area (Å²) in [7, 11) is -1.81. The van der Waals surface area contributed by atoms with Gasteiger partial charge in [0.15, 0.2) is 8.32 Å². The van der Waals surface area contributed by atoms with E-state index in [9.17, 15) is 5.11 Å². The van der Waals surface area contributed by atoms with Crippen LogP contribution in [0.15, 0.2) is 24.3 Å². The van der Waals surface area contributed by atoms with Crippen molar-refractivity contribution in [2.45, 2.75) is 83.0 Å². The van der Waals surface area contributed by atoms with Crippen LogP contribution in [0.3, 0.4) is 0 Å². The SMILES string of the molecule is CC(C)(C)[Si](C)(C)O[C@@H]1CC[C@]2(C)c3ccccc3CC[C@H]2[C@H]1CO. The fourth-order valence-corrected chi connectivity index (χ4v) is 6.40. The number of aryl methyl sites for hydroxylation is 1. The van der Waals surface area contributed by atoms with E-state index in [2.05, 4.69) is 65.1 Å². The fraction of sp³-hybridized carbons (Fsp3) is 0.727. The summed E-state index contributed by atoms with van der Waals surface area (Å²) >= 11 is 0. The monoisotopic (exact) mass is 360 g/mol. The van der Waals surface area contributed by atoms with Crippen molar-refractivity contribution in [1.29, 1.82) is 0 Å². The van der Waals surface area contributed by atoms with E-state index in [1.165, 1.54) is 24.0 Å². The molecule has 1 aromatic rings. The molecule has 0 radical (unpaired) electrons. The fourth-order valence-electron chi connectivity index (χ4n) is 4.99. The van der Waals surface area contributed by atoms with Crippen molar-refractivity contribution in [3.05, 3.63) is 35.4 Å². The molecular formula is C22H36O2Si. The molecule has 140 valence electrons. The Bertz CT molecular complexity index is 619. The van der Waals surface area contributed by atoms with E-state index in [4.69, 9.17) is 4.43 Å². The van der Waals surface area contributed by atoms with E-state index in [0.29, 0.717) is 5.92 Å². The summed E-state index contributed by atoms with van der Waals surface area (Å²) in [6.07, 6.45) is 4.77. The summed E-state index contributed by atoms with van der Waals surface area (Å²) < 4.78 is 6.81. The molecule has 0 heterocycles. The van der Waals surface area contributed by atoms with Crippen LogP contribution in [-0.2, 0) is 16.3 Å². The van der Waals surface area contributed by atoms with Gasteiger partial charge in [0.2, 0.25) is 0 Å². The average Bonchev–Trinajstić information content (AvgIpc) is 2.54. The number of hydrogen-bond acceptors (Lipinski definition) is 2. The summed E-state index contributed by atoms with van der Waals surface area (Å²) in [6.45, 7) is 14.3. The highest BCUT2D eigenvalue weighted by atomic mass is 28.4. The molecule has 0 aliphatic heterocycles. The molecule has 0 bridgehead atoms. The van der Waals surface area contributed by atoms with Gasteiger partial charge in [-0.15, -0.1) is 0 Å². The first-order valence-electron chi connectivity index (χ1n) is 9.97. The summed E-state index contributed by atoms with van der Waals surface area (Å²) in [5.41, 5.74) is 3.23. The number of hydrogen-bond donors (Lipinski definition) is 1. The van der Waals surface area contributed by atoms with Crippen LogP contribution in [0.1, 0.15) is 58.1 Å². The second-order valence-electron chi connectivity index (χ2n) is 10.0. The molecule has 2 nitrogen and oxygen atoms in total. The maximum atomic E-state index is 10.3. The lowest BCUT2D eigenvalue weighted by atomic mass is 9.54. The quantitative estimate of drug-likeness (QED) is 0.741. The highest BCUT2D eigenvalue weighted by Crippen LogP contribution is 2.53. The topological polar surface area (TPSA) is 29.5 Å². The first-order valence-corrected chi connectivity index (χ1v) is 12.9. The van der Waals surface area contributed by atoms with Crippen molar-refractivity contribution >= 4 is 8.32 Å². The van der Waals surface area contributed by atoms with Gasteiger partial charge in [-0.3, -0.25) is 0 Å². The van der Waals surface area contributed by atoms with Gasteiger partial charge in [0.25, 0.3) is 0 Å². The molecule has 1 N–H and O–H groups in total. The number of aliphatic hydroxyl groups is 1. The van der Waals surface area contributed by atoms with E-state index < -0.39 is 8.32 Å². The Kier molecular flexibility index (Phi) is 4.98. The first-order chi connectivity index (χ1) is 11.6. The average molecular weight is 361 g/mol. The van der Waals surface area contributed by atoms with Crippen molar-refractivity contribution in [1.82, 2.24) is 0 Å². The van der Waals surface area contributed by atoms with E-state index in [1.54, 1.807) is 0 Å². The molecule has 0 amide bonds. The van der Waals surface area contributed by atoms with Crippen LogP contribution in [0.4, 0.5) is 0 Å². The third kappa shape index (κ3) is 3.24. The smallest absolute Gasteiger partial charge is 0.192 e. The van der Waals surface area contributed by atoms with Crippen LogP contribution in [0, 0.1) is 11.8 Å². The molecule has 0 aromatic heterocycles. The first kappa shape index (κ1) is 19.1. The summed E-state index contributed by atoms with van der Waals surface area (Å²) in [4.78, 5) is 0. The normalized spacial score (nSPS) is 32.8. The van der Waals surface area contributed by atoms with E-state index in [0.717, 1.165) is 12.8 Å². The maximum Gasteiger partial charge on any atom is 0.192 e. The number of benzene rings is 1. The Hall–Kier alpha value is -0.643. The van der Waals surface area contributed by atoms with Gasteiger partial charge in [0, 0.05) is 12.5 Å². The molecule has 1 fully saturated rings. The standard InChI is InChI=1S/C22H36O2Si/c1-21(2,3)25(5,6)24-20-13-14-22(4)18-10-8-7-9-16(18)11-12-19(22)17(20)15-23/h7-10,17,19-20,23H,11-15H2,1-6H3/t17-,19+,20-,22-/m1/s1. The number of fused-ring (bicyclic) bond motifs is 3. The van der Waals surface area contributed by atoms with Gasteiger partial charge in [-0.05, 0) is 66.3 Å². The number of aliphatic hydroxyl groups excluding tert-OH is 1. The highest BCUT2D eigenvalue weighted by Gasteiger charge is 2.51. The van der Waals surface area contributed by atoms with Crippen molar-refractivity contribution in [2.75, 3.05) is 6.61 Å². The van der Waals surface area contributed by atoms with Gasteiger partial charge >= 0.3 is 0 Å². The Balaban J connectivity index is 1.88. The Morgan fingerprint density at radius 2 is 1.88 bits per heavy atom. The molecule has 4 atom stereocenters. The molecule has 0 unspecified atom stereocenters.